The first kappa shape index (κ1) is 47.9. The molecule has 8 aromatic carbocycles. The van der Waals surface area contributed by atoms with Gasteiger partial charge in [-0.2, -0.15) is 0 Å². The molecule has 0 aliphatic heterocycles. The van der Waals surface area contributed by atoms with Crippen LogP contribution in [0, 0.1) is 0 Å². The number of rotatable bonds is 4. The minimum Gasteiger partial charge on any atom is -0.550 e. The summed E-state index contributed by atoms with van der Waals surface area (Å²) in [4.78, 5) is 48.9. The fourth-order valence-electron chi connectivity index (χ4n) is 6.86. The maximum absolute atomic E-state index is 8.89. The van der Waals surface area contributed by atoms with Crippen molar-refractivity contribution in [3.63, 3.8) is 0 Å². The van der Waals surface area contributed by atoms with Gasteiger partial charge in [0.05, 0.1) is 44.8 Å². The molecule has 10 nitrogen and oxygen atoms in total. The maximum Gasteiger partial charge on any atom is 3.00 e. The van der Waals surface area contributed by atoms with Crippen LogP contribution in [-0.2, 0) is 31.5 Å². The summed E-state index contributed by atoms with van der Waals surface area (Å²) in [5.74, 6) is -3.25. The molecule has 1 radical (unpaired) electrons. The fraction of sp³-hybridized carbons (Fsp3) is 0.0556. The number of hydrogen-bond donors (Lipinski definition) is 0. The summed E-state index contributed by atoms with van der Waals surface area (Å²) >= 11 is 0. The van der Waals surface area contributed by atoms with Crippen molar-refractivity contribution in [1.82, 2.24) is 19.9 Å². The molecule has 1 aromatic heterocycles. The first-order valence-corrected chi connectivity index (χ1v) is 20.1. The predicted octanol–water partition coefficient (Wildman–Crippen LogP) is 8.50. The van der Waals surface area contributed by atoms with Crippen LogP contribution in [0.2, 0.25) is 0 Å². The predicted molar refractivity (Wildman–Crippen MR) is 248 cm³/mol. The molecule has 0 N–H and O–H groups in total. The topological polar surface area (TPSA) is 172 Å². The Morgan fingerprint density at radius 1 is 0.308 bits per heavy atom. The van der Waals surface area contributed by atoms with Gasteiger partial charge >= 0.3 is 17.1 Å². The van der Waals surface area contributed by atoms with Crippen molar-refractivity contribution in [2.24, 2.45) is 0 Å². The van der Waals surface area contributed by atoms with E-state index in [-0.39, 0.29) is 17.1 Å². The Bertz CT molecular complexity index is 2750. The van der Waals surface area contributed by atoms with Crippen molar-refractivity contribution in [3.05, 3.63) is 194 Å². The van der Waals surface area contributed by atoms with E-state index in [1.54, 1.807) is 0 Å². The van der Waals surface area contributed by atoms with Gasteiger partial charge in [0.15, 0.2) is 0 Å². The van der Waals surface area contributed by atoms with E-state index >= 15 is 0 Å². The summed E-state index contributed by atoms with van der Waals surface area (Å²) in [7, 11) is 0. The van der Waals surface area contributed by atoms with E-state index in [2.05, 4.69) is 121 Å². The van der Waals surface area contributed by atoms with E-state index in [1.165, 1.54) is 0 Å². The molecule has 0 saturated carbocycles. The van der Waals surface area contributed by atoms with Gasteiger partial charge in [0.25, 0.3) is 0 Å². The van der Waals surface area contributed by atoms with Gasteiger partial charge in [0.1, 0.15) is 0 Å². The number of benzene rings is 8. The monoisotopic (exact) mass is 897 g/mol. The normalized spacial score (nSPS) is 10.0. The molecule has 0 amide bonds. The van der Waals surface area contributed by atoms with E-state index < -0.39 is 17.9 Å². The molecule has 1 heterocycles. The molecule has 65 heavy (non-hydrogen) atoms. The molecule has 0 unspecified atom stereocenters. The Morgan fingerprint density at radius 2 is 0.492 bits per heavy atom. The second-order valence-electron chi connectivity index (χ2n) is 14.1. The Balaban J connectivity index is 0.000000548. The van der Waals surface area contributed by atoms with Crippen molar-refractivity contribution in [3.8, 4) is 45.0 Å². The summed E-state index contributed by atoms with van der Waals surface area (Å²) in [6.07, 6.45) is 0. The Morgan fingerprint density at radius 3 is 0.677 bits per heavy atom. The zero-order valence-corrected chi connectivity index (χ0v) is 36.7. The zero-order chi connectivity index (χ0) is 45.4. The van der Waals surface area contributed by atoms with E-state index in [1.807, 2.05) is 72.8 Å². The number of carbonyl (C=O) groups is 3. The molecule has 0 fully saturated rings. The third-order valence-corrected chi connectivity index (χ3v) is 9.29. The van der Waals surface area contributed by atoms with Gasteiger partial charge in [-0.25, -0.2) is 19.9 Å². The van der Waals surface area contributed by atoms with Crippen molar-refractivity contribution < 1.29 is 46.8 Å². The van der Waals surface area contributed by atoms with Crippen LogP contribution in [0.15, 0.2) is 194 Å². The molecule has 0 spiro atoms. The van der Waals surface area contributed by atoms with Crippen LogP contribution in [0.25, 0.3) is 88.6 Å². The number of hydrogen-bond acceptors (Lipinski definition) is 10. The van der Waals surface area contributed by atoms with Crippen LogP contribution in [-0.4, -0.2) is 37.8 Å². The summed E-state index contributed by atoms with van der Waals surface area (Å²) < 4.78 is 0. The summed E-state index contributed by atoms with van der Waals surface area (Å²) in [6, 6.07) is 66.3. The van der Waals surface area contributed by atoms with Gasteiger partial charge in [0.2, 0.25) is 0 Å². The number of aromatic nitrogens is 4. The maximum atomic E-state index is 8.89. The van der Waals surface area contributed by atoms with Gasteiger partial charge in [0, 0.05) is 50.9 Å². The second kappa shape index (κ2) is 23.4. The van der Waals surface area contributed by atoms with Crippen LogP contribution < -0.4 is 15.3 Å². The Kier molecular flexibility index (Phi) is 17.2. The molecule has 0 aliphatic carbocycles. The molecule has 0 atom stereocenters. The number of carboxylic acid groups (broad SMARTS) is 3. The fourth-order valence-corrected chi connectivity index (χ4v) is 6.86. The largest absolute Gasteiger partial charge is 3.00 e. The van der Waals surface area contributed by atoms with E-state index in [0.717, 1.165) is 109 Å². The third kappa shape index (κ3) is 13.0. The third-order valence-electron chi connectivity index (χ3n) is 9.29. The van der Waals surface area contributed by atoms with Gasteiger partial charge in [-0.05, 0) is 55.8 Å². The molecule has 9 aromatic rings. The molecular weight excluding hydrogens is 856 g/mol. The molecule has 0 aliphatic rings. The molecule has 9 rings (SSSR count). The second-order valence-corrected chi connectivity index (χ2v) is 14.1. The standard InChI is InChI=1S/C48H32N4.3C2H4O2.Fe/c1-5-17-35(18-6-1)45-46(36-19-7-2-8-20-36)50-40-30-14-27-34-28-16-32-42(44(34)40)52-48(38-23-11-4-12-24-38)47(37-21-9-3-10-22-37)51-41-31-15-26-33-25-13-29-39(49-45)43(33)41;3*1-2(3)4;/h1-32H;3*1H3,(H,3,4);/q;;;;+3/p-3. The number of carbonyl (C=O) groups excluding carboxylic acids is 3. The first-order valence-electron chi connectivity index (χ1n) is 20.1. The molecule has 321 valence electrons. The number of nitrogens with zero attached hydrogens (tertiary/aromatic N) is 4. The summed E-state index contributed by atoms with van der Waals surface area (Å²) in [6.45, 7) is 2.92. The SMILES string of the molecule is CC(=O)[O-].CC(=O)[O-].CC(=O)[O-].[Fe+3].c1ccc(-c2nc3cccc4cccc(nc(-c5ccccc5)c(-c5ccccc5)nc5cccc6cccc(nc2-c2ccccc2)c65)c43)cc1. The summed E-state index contributed by atoms with van der Waals surface area (Å²) in [5, 5.41) is 30.7. The van der Waals surface area contributed by atoms with Crippen LogP contribution in [0.4, 0.5) is 0 Å². The average molecular weight is 898 g/mol. The molecular formula is C54H41FeN4O6. The van der Waals surface area contributed by atoms with Crippen LogP contribution >= 0.6 is 0 Å². The minimum atomic E-state index is -1.08. The molecule has 11 heteroatoms. The van der Waals surface area contributed by atoms with E-state index in [4.69, 9.17) is 49.6 Å². The molecule has 0 bridgehead atoms. The zero-order valence-electron chi connectivity index (χ0n) is 35.6. The summed E-state index contributed by atoms with van der Waals surface area (Å²) in [5.41, 5.74) is 10.1. The van der Waals surface area contributed by atoms with Crippen molar-refractivity contribution in [2.45, 2.75) is 20.8 Å². The van der Waals surface area contributed by atoms with Crippen molar-refractivity contribution in [2.75, 3.05) is 0 Å². The Hall–Kier alpha value is -8.11. The van der Waals surface area contributed by atoms with Crippen molar-refractivity contribution in [1.29, 1.82) is 0 Å². The molecule has 0 saturated heterocycles. The number of carboxylic acids is 3. The van der Waals surface area contributed by atoms with E-state index in [9.17, 15) is 0 Å². The van der Waals surface area contributed by atoms with Crippen LogP contribution in [0.5, 0.6) is 0 Å². The minimum absolute atomic E-state index is 0. The Labute approximate surface area is 386 Å². The smallest absolute Gasteiger partial charge is 0.550 e. The van der Waals surface area contributed by atoms with E-state index in [0.29, 0.717) is 0 Å². The van der Waals surface area contributed by atoms with Crippen LogP contribution in [0.1, 0.15) is 20.8 Å². The van der Waals surface area contributed by atoms with Crippen LogP contribution in [0.3, 0.4) is 0 Å². The van der Waals surface area contributed by atoms with Gasteiger partial charge in [-0.1, -0.05) is 170 Å². The number of aliphatic carboxylic acids is 3. The first-order chi connectivity index (χ1) is 31.0. The van der Waals surface area contributed by atoms with Gasteiger partial charge in [-0.15, -0.1) is 0 Å². The van der Waals surface area contributed by atoms with Gasteiger partial charge < -0.3 is 29.7 Å². The quantitative estimate of drug-likeness (QED) is 0.156. The van der Waals surface area contributed by atoms with Gasteiger partial charge in [-0.3, -0.25) is 0 Å². The van der Waals surface area contributed by atoms with Crippen molar-refractivity contribution >= 4 is 61.5 Å². The average Bonchev–Trinajstić information content (AvgIpc) is 3.29.